The predicted molar refractivity (Wildman–Crippen MR) is 102 cm³/mol. The van der Waals surface area contributed by atoms with Gasteiger partial charge in [-0.2, -0.15) is 8.42 Å². The smallest absolute Gasteiger partial charge is 0.300 e. The molecule has 154 valence electrons. The van der Waals surface area contributed by atoms with Gasteiger partial charge in [-0.3, -0.25) is 9.35 Å². The minimum absolute atomic E-state index is 0.182. The summed E-state index contributed by atoms with van der Waals surface area (Å²) in [5.74, 6) is 3.12. The van der Waals surface area contributed by atoms with Crippen molar-refractivity contribution in [1.82, 2.24) is 0 Å². The third-order valence-corrected chi connectivity index (χ3v) is 9.88. The van der Waals surface area contributed by atoms with Crippen LogP contribution in [-0.4, -0.2) is 24.9 Å². The Balaban J connectivity index is 1.53. The quantitative estimate of drug-likeness (QED) is 0.712. The standard InChI is InChI=1S/C21H34O5S/c1-13(22)17-6-7-18-16-5-4-14-12-15(26-27(23,24)25)8-10-20(14,2)19(16)9-11-21(17,18)3/h14-19H,4-12H2,1-3H3,(H,23,24,25)/t14-,15+,16?,17?,18?,19?,20+,21-/m1/s1. The molecule has 0 aliphatic heterocycles. The zero-order valence-electron chi connectivity index (χ0n) is 16.8. The molecule has 0 saturated heterocycles. The number of fused-ring (bicyclic) bond motifs is 5. The van der Waals surface area contributed by atoms with Gasteiger partial charge in [-0.25, -0.2) is 4.18 Å². The minimum atomic E-state index is -4.37. The van der Waals surface area contributed by atoms with E-state index in [9.17, 15) is 13.2 Å². The van der Waals surface area contributed by atoms with Crippen molar-refractivity contribution in [2.75, 3.05) is 0 Å². The number of hydrogen-bond acceptors (Lipinski definition) is 4. The molecule has 1 N–H and O–H groups in total. The first-order chi connectivity index (χ1) is 12.5. The number of Topliss-reactive ketones (excluding diaryl/α,β-unsaturated/α-hetero) is 1. The zero-order chi connectivity index (χ0) is 19.6. The Morgan fingerprint density at radius 1 is 0.963 bits per heavy atom. The Morgan fingerprint density at radius 3 is 2.30 bits per heavy atom. The molecule has 4 unspecified atom stereocenters. The van der Waals surface area contributed by atoms with Crippen LogP contribution in [0.15, 0.2) is 0 Å². The van der Waals surface area contributed by atoms with Gasteiger partial charge in [0.15, 0.2) is 0 Å². The van der Waals surface area contributed by atoms with Crippen LogP contribution in [0.1, 0.15) is 78.6 Å². The average molecular weight is 399 g/mol. The highest BCUT2D eigenvalue weighted by molar-refractivity contribution is 7.80. The van der Waals surface area contributed by atoms with Crippen molar-refractivity contribution in [3.05, 3.63) is 0 Å². The lowest BCUT2D eigenvalue weighted by Crippen LogP contribution is -2.54. The van der Waals surface area contributed by atoms with Crippen molar-refractivity contribution < 1.29 is 21.9 Å². The monoisotopic (exact) mass is 398 g/mol. The van der Waals surface area contributed by atoms with E-state index in [1.165, 1.54) is 19.3 Å². The largest absolute Gasteiger partial charge is 0.397 e. The predicted octanol–water partition coefficient (Wildman–Crippen LogP) is 4.42. The van der Waals surface area contributed by atoms with Crippen molar-refractivity contribution in [1.29, 1.82) is 0 Å². The second-order valence-electron chi connectivity index (χ2n) is 10.4. The molecule has 0 spiro atoms. The molecule has 4 fully saturated rings. The summed E-state index contributed by atoms with van der Waals surface area (Å²) in [6.45, 7) is 6.57. The van der Waals surface area contributed by atoms with Crippen LogP contribution in [0.25, 0.3) is 0 Å². The molecular formula is C21H34O5S. The van der Waals surface area contributed by atoms with E-state index >= 15 is 0 Å². The van der Waals surface area contributed by atoms with Gasteiger partial charge in [0.2, 0.25) is 0 Å². The van der Waals surface area contributed by atoms with Crippen molar-refractivity contribution in [2.24, 2.45) is 40.4 Å². The summed E-state index contributed by atoms with van der Waals surface area (Å²) in [6.07, 6.45) is 8.92. The summed E-state index contributed by atoms with van der Waals surface area (Å²) in [5.41, 5.74) is 0.416. The number of carbonyl (C=O) groups is 1. The van der Waals surface area contributed by atoms with E-state index in [0.29, 0.717) is 35.9 Å². The van der Waals surface area contributed by atoms with Gasteiger partial charge in [-0.15, -0.1) is 0 Å². The van der Waals surface area contributed by atoms with Crippen molar-refractivity contribution in [3.63, 3.8) is 0 Å². The van der Waals surface area contributed by atoms with Gasteiger partial charge in [0, 0.05) is 5.92 Å². The molecular weight excluding hydrogens is 364 g/mol. The fourth-order valence-corrected chi connectivity index (χ4v) is 8.66. The van der Waals surface area contributed by atoms with E-state index in [1.807, 2.05) is 0 Å². The van der Waals surface area contributed by atoms with Crippen LogP contribution in [0.4, 0.5) is 0 Å². The normalized spacial score (nSPS) is 49.8. The van der Waals surface area contributed by atoms with Crippen LogP contribution in [0.5, 0.6) is 0 Å². The Morgan fingerprint density at radius 2 is 1.63 bits per heavy atom. The lowest BCUT2D eigenvalue weighted by molar-refractivity contribution is -0.137. The van der Waals surface area contributed by atoms with Gasteiger partial charge >= 0.3 is 10.4 Å². The van der Waals surface area contributed by atoms with Crippen molar-refractivity contribution in [3.8, 4) is 0 Å². The zero-order valence-corrected chi connectivity index (χ0v) is 17.6. The highest BCUT2D eigenvalue weighted by Crippen LogP contribution is 2.67. The van der Waals surface area contributed by atoms with Crippen LogP contribution < -0.4 is 0 Å². The second kappa shape index (κ2) is 6.53. The maximum Gasteiger partial charge on any atom is 0.397 e. The van der Waals surface area contributed by atoms with E-state index in [2.05, 4.69) is 13.8 Å². The molecule has 27 heavy (non-hydrogen) atoms. The number of rotatable bonds is 3. The first-order valence-electron chi connectivity index (χ1n) is 10.7. The molecule has 4 saturated carbocycles. The highest BCUT2D eigenvalue weighted by atomic mass is 32.3. The van der Waals surface area contributed by atoms with Crippen LogP contribution in [0, 0.1) is 40.4 Å². The van der Waals surface area contributed by atoms with E-state index in [0.717, 1.165) is 32.1 Å². The number of hydrogen-bond donors (Lipinski definition) is 1. The van der Waals surface area contributed by atoms with Gasteiger partial charge in [0.1, 0.15) is 5.78 Å². The Labute approximate surface area is 163 Å². The number of carbonyl (C=O) groups excluding carboxylic acids is 1. The minimum Gasteiger partial charge on any atom is -0.300 e. The van der Waals surface area contributed by atoms with Gasteiger partial charge in [-0.1, -0.05) is 13.8 Å². The van der Waals surface area contributed by atoms with Crippen LogP contribution in [0.2, 0.25) is 0 Å². The summed E-state index contributed by atoms with van der Waals surface area (Å²) < 4.78 is 36.2. The maximum absolute atomic E-state index is 12.2. The third-order valence-electron chi connectivity index (χ3n) is 9.37. The van der Waals surface area contributed by atoms with Gasteiger partial charge in [0.25, 0.3) is 0 Å². The molecule has 6 heteroatoms. The SMILES string of the molecule is CC(=O)C1CCC2C3CC[C@@H]4C[C@@H](OS(=O)(=O)O)CC[C@]4(C)C3CC[C@]12C. The molecule has 0 amide bonds. The first kappa shape index (κ1) is 19.8. The van der Waals surface area contributed by atoms with E-state index in [-0.39, 0.29) is 22.9 Å². The average Bonchev–Trinajstić information content (AvgIpc) is 2.91. The summed E-state index contributed by atoms with van der Waals surface area (Å²) in [6, 6.07) is 0. The molecule has 4 aliphatic carbocycles. The molecule has 4 aliphatic rings. The van der Waals surface area contributed by atoms with E-state index < -0.39 is 10.4 Å². The lowest BCUT2D eigenvalue weighted by atomic mass is 9.44. The van der Waals surface area contributed by atoms with Crippen molar-refractivity contribution in [2.45, 2.75) is 84.7 Å². The van der Waals surface area contributed by atoms with Gasteiger partial charge in [0.05, 0.1) is 6.10 Å². The Hall–Kier alpha value is -0.460. The molecule has 0 bridgehead atoms. The second-order valence-corrected chi connectivity index (χ2v) is 11.4. The molecule has 5 nitrogen and oxygen atoms in total. The highest BCUT2D eigenvalue weighted by Gasteiger charge is 2.60. The fourth-order valence-electron chi connectivity index (χ4n) is 8.15. The first-order valence-corrected chi connectivity index (χ1v) is 12.1. The van der Waals surface area contributed by atoms with E-state index in [1.54, 1.807) is 6.92 Å². The molecule has 0 heterocycles. The van der Waals surface area contributed by atoms with E-state index in [4.69, 9.17) is 8.74 Å². The third kappa shape index (κ3) is 3.20. The summed E-state index contributed by atoms with van der Waals surface area (Å²) >= 11 is 0. The molecule has 0 aromatic heterocycles. The van der Waals surface area contributed by atoms with Crippen LogP contribution in [-0.2, 0) is 19.4 Å². The number of ketones is 1. The fraction of sp³-hybridized carbons (Fsp3) is 0.952. The van der Waals surface area contributed by atoms with Crippen molar-refractivity contribution >= 4 is 16.2 Å². The maximum atomic E-state index is 12.2. The van der Waals surface area contributed by atoms with Gasteiger partial charge in [-0.05, 0) is 99.2 Å². The van der Waals surface area contributed by atoms with Crippen LogP contribution >= 0.6 is 0 Å². The molecule has 0 radical (unpaired) electrons. The Kier molecular flexibility index (Phi) is 4.80. The molecule has 8 atom stereocenters. The molecule has 0 aromatic rings. The summed E-state index contributed by atoms with van der Waals surface area (Å²) in [4.78, 5) is 12.2. The Bertz CT molecular complexity index is 718. The van der Waals surface area contributed by atoms with Gasteiger partial charge < -0.3 is 0 Å². The summed E-state index contributed by atoms with van der Waals surface area (Å²) in [7, 11) is -4.37. The molecule has 4 rings (SSSR count). The summed E-state index contributed by atoms with van der Waals surface area (Å²) in [5, 5.41) is 0. The van der Waals surface area contributed by atoms with Crippen LogP contribution in [0.3, 0.4) is 0 Å². The topological polar surface area (TPSA) is 80.7 Å². The molecule has 0 aromatic carbocycles. The lowest BCUT2D eigenvalue weighted by Gasteiger charge is -2.61.